The van der Waals surface area contributed by atoms with Gasteiger partial charge in [-0.3, -0.25) is 4.68 Å². The first-order valence-electron chi connectivity index (χ1n) is 5.35. The van der Waals surface area contributed by atoms with E-state index in [-0.39, 0.29) is 12.5 Å². The van der Waals surface area contributed by atoms with E-state index in [0.29, 0.717) is 12.8 Å². The van der Waals surface area contributed by atoms with Crippen LogP contribution in [0, 0.1) is 5.92 Å². The molecule has 0 aromatic carbocycles. The molecule has 3 nitrogen and oxygen atoms in total. The molecule has 0 saturated heterocycles. The average molecular weight is 213 g/mol. The van der Waals surface area contributed by atoms with Crippen LogP contribution in [0.5, 0.6) is 0 Å². The van der Waals surface area contributed by atoms with Gasteiger partial charge < -0.3 is 5.73 Å². The zero-order valence-electron chi connectivity index (χ0n) is 9.70. The Bertz CT molecular complexity index is 309. The van der Waals surface area contributed by atoms with Crippen molar-refractivity contribution in [2.24, 2.45) is 18.7 Å². The average Bonchev–Trinajstić information content (AvgIpc) is 2.60. The summed E-state index contributed by atoms with van der Waals surface area (Å²) in [6, 6.07) is 1.91. The fourth-order valence-electron chi connectivity index (χ4n) is 1.61. The van der Waals surface area contributed by atoms with Crippen molar-refractivity contribution in [3.8, 4) is 0 Å². The van der Waals surface area contributed by atoms with Gasteiger partial charge in [0.25, 0.3) is 0 Å². The maximum absolute atomic E-state index is 14.2. The number of rotatable bonds is 5. The van der Waals surface area contributed by atoms with E-state index in [1.807, 2.05) is 27.0 Å². The molecule has 0 aliphatic rings. The van der Waals surface area contributed by atoms with Gasteiger partial charge in [0.2, 0.25) is 0 Å². The Balaban J connectivity index is 2.59. The Labute approximate surface area is 90.5 Å². The highest BCUT2D eigenvalue weighted by atomic mass is 19.1. The number of hydrogen-bond acceptors (Lipinski definition) is 2. The van der Waals surface area contributed by atoms with Gasteiger partial charge in [-0.15, -0.1) is 0 Å². The number of nitrogens with two attached hydrogens (primary N) is 1. The lowest BCUT2D eigenvalue weighted by Gasteiger charge is -2.27. The Morgan fingerprint density at radius 2 is 2.27 bits per heavy atom. The predicted molar refractivity (Wildman–Crippen MR) is 59.3 cm³/mol. The van der Waals surface area contributed by atoms with Crippen molar-refractivity contribution < 1.29 is 4.39 Å². The van der Waals surface area contributed by atoms with Gasteiger partial charge in [-0.25, -0.2) is 4.39 Å². The van der Waals surface area contributed by atoms with E-state index in [1.54, 1.807) is 10.9 Å². The molecule has 2 N–H and O–H groups in total. The number of alkyl halides is 1. The highest BCUT2D eigenvalue weighted by Crippen LogP contribution is 2.26. The molecule has 1 unspecified atom stereocenters. The fraction of sp³-hybridized carbons (Fsp3) is 0.727. The second-order valence-corrected chi connectivity index (χ2v) is 4.34. The Kier molecular flexibility index (Phi) is 3.85. The van der Waals surface area contributed by atoms with Crippen LogP contribution in [-0.4, -0.2) is 22.0 Å². The molecule has 0 spiro atoms. The maximum Gasteiger partial charge on any atom is 0.125 e. The summed E-state index contributed by atoms with van der Waals surface area (Å²) < 4.78 is 16.0. The highest BCUT2D eigenvalue weighted by Gasteiger charge is 2.31. The molecule has 1 heterocycles. The van der Waals surface area contributed by atoms with E-state index in [2.05, 4.69) is 5.10 Å². The lowest BCUT2D eigenvalue weighted by atomic mass is 9.87. The molecule has 0 amide bonds. The van der Waals surface area contributed by atoms with Gasteiger partial charge in [-0.1, -0.05) is 13.8 Å². The van der Waals surface area contributed by atoms with E-state index in [9.17, 15) is 4.39 Å². The number of aryl methyl sites for hydroxylation is 2. The van der Waals surface area contributed by atoms with Crippen LogP contribution in [0.15, 0.2) is 12.3 Å². The van der Waals surface area contributed by atoms with Crippen LogP contribution in [0.3, 0.4) is 0 Å². The van der Waals surface area contributed by atoms with Gasteiger partial charge in [0.15, 0.2) is 0 Å². The van der Waals surface area contributed by atoms with Crippen molar-refractivity contribution in [2.75, 3.05) is 6.54 Å². The first-order valence-corrected chi connectivity index (χ1v) is 5.35. The lowest BCUT2D eigenvalue weighted by Crippen LogP contribution is -2.39. The van der Waals surface area contributed by atoms with Gasteiger partial charge >= 0.3 is 0 Å². The molecule has 1 rings (SSSR count). The third-order valence-corrected chi connectivity index (χ3v) is 3.09. The maximum atomic E-state index is 14.2. The van der Waals surface area contributed by atoms with E-state index in [4.69, 9.17) is 5.73 Å². The van der Waals surface area contributed by atoms with Gasteiger partial charge in [0, 0.05) is 25.5 Å². The summed E-state index contributed by atoms with van der Waals surface area (Å²) in [7, 11) is 1.87. The molecule has 0 bridgehead atoms. The third-order valence-electron chi connectivity index (χ3n) is 3.09. The second-order valence-electron chi connectivity index (χ2n) is 4.34. The van der Waals surface area contributed by atoms with E-state index >= 15 is 0 Å². The first kappa shape index (κ1) is 12.2. The Morgan fingerprint density at radius 3 is 2.67 bits per heavy atom. The quantitative estimate of drug-likeness (QED) is 0.808. The SMILES string of the molecule is CC(C)C(F)(CN)CCc1ccnn1C. The molecule has 0 radical (unpaired) electrons. The van der Waals surface area contributed by atoms with Crippen LogP contribution >= 0.6 is 0 Å². The second kappa shape index (κ2) is 4.75. The Hall–Kier alpha value is -0.900. The standard InChI is InChI=1S/C11H20FN3/c1-9(2)11(12,8-13)6-4-10-5-7-14-15(10)3/h5,7,9H,4,6,8,13H2,1-3H3. The van der Waals surface area contributed by atoms with E-state index in [0.717, 1.165) is 5.69 Å². The van der Waals surface area contributed by atoms with Crippen molar-refractivity contribution in [2.45, 2.75) is 32.4 Å². The number of halogens is 1. The smallest absolute Gasteiger partial charge is 0.125 e. The summed E-state index contributed by atoms with van der Waals surface area (Å²) in [4.78, 5) is 0. The molecule has 0 saturated carbocycles. The van der Waals surface area contributed by atoms with Crippen molar-refractivity contribution >= 4 is 0 Å². The first-order chi connectivity index (χ1) is 6.99. The van der Waals surface area contributed by atoms with Gasteiger partial charge in [0.05, 0.1) is 0 Å². The number of aromatic nitrogens is 2. The summed E-state index contributed by atoms with van der Waals surface area (Å²) in [5.74, 6) is -0.0456. The molecule has 4 heteroatoms. The van der Waals surface area contributed by atoms with Crippen molar-refractivity contribution in [1.82, 2.24) is 9.78 Å². The summed E-state index contributed by atoms with van der Waals surface area (Å²) in [6.45, 7) is 3.83. The monoisotopic (exact) mass is 213 g/mol. The van der Waals surface area contributed by atoms with Crippen molar-refractivity contribution in [3.63, 3.8) is 0 Å². The molecule has 86 valence electrons. The van der Waals surface area contributed by atoms with Crippen LogP contribution in [0.2, 0.25) is 0 Å². The number of hydrogen-bond donors (Lipinski definition) is 1. The molecule has 1 aromatic rings. The van der Waals surface area contributed by atoms with Crippen LogP contribution < -0.4 is 5.73 Å². The Morgan fingerprint density at radius 1 is 1.60 bits per heavy atom. The number of nitrogens with zero attached hydrogens (tertiary/aromatic N) is 2. The molecule has 15 heavy (non-hydrogen) atoms. The summed E-state index contributed by atoms with van der Waals surface area (Å²) in [6.07, 6.45) is 2.87. The minimum absolute atomic E-state index is 0.0456. The normalized spacial score (nSPS) is 15.6. The topological polar surface area (TPSA) is 43.8 Å². The summed E-state index contributed by atoms with van der Waals surface area (Å²) in [5.41, 5.74) is 5.28. The molecule has 1 atom stereocenters. The van der Waals surface area contributed by atoms with Crippen molar-refractivity contribution in [1.29, 1.82) is 0 Å². The summed E-state index contributed by atoms with van der Waals surface area (Å²) >= 11 is 0. The lowest BCUT2D eigenvalue weighted by molar-refractivity contribution is 0.0986. The fourth-order valence-corrected chi connectivity index (χ4v) is 1.61. The molecular formula is C11H20FN3. The van der Waals surface area contributed by atoms with Crippen LogP contribution in [0.1, 0.15) is 26.0 Å². The molecule has 1 aromatic heterocycles. The predicted octanol–water partition coefficient (Wildman–Crippen LogP) is 1.68. The molecule has 0 fully saturated rings. The van der Waals surface area contributed by atoms with E-state index in [1.165, 1.54) is 0 Å². The largest absolute Gasteiger partial charge is 0.328 e. The van der Waals surface area contributed by atoms with Gasteiger partial charge in [-0.05, 0) is 24.8 Å². The minimum Gasteiger partial charge on any atom is -0.328 e. The third kappa shape index (κ3) is 2.78. The molecular weight excluding hydrogens is 193 g/mol. The van der Waals surface area contributed by atoms with Crippen LogP contribution in [-0.2, 0) is 13.5 Å². The van der Waals surface area contributed by atoms with Crippen molar-refractivity contribution in [3.05, 3.63) is 18.0 Å². The molecule has 0 aliphatic carbocycles. The van der Waals surface area contributed by atoms with Crippen LogP contribution in [0.4, 0.5) is 4.39 Å². The zero-order chi connectivity index (χ0) is 11.5. The minimum atomic E-state index is -1.26. The molecule has 0 aliphatic heterocycles. The van der Waals surface area contributed by atoms with Gasteiger partial charge in [-0.2, -0.15) is 5.10 Å². The van der Waals surface area contributed by atoms with Gasteiger partial charge in [0.1, 0.15) is 5.67 Å². The summed E-state index contributed by atoms with van der Waals surface area (Å²) in [5, 5.41) is 4.05. The highest BCUT2D eigenvalue weighted by molar-refractivity contribution is 5.01. The van der Waals surface area contributed by atoms with E-state index < -0.39 is 5.67 Å². The van der Waals surface area contributed by atoms with Crippen LogP contribution in [0.25, 0.3) is 0 Å². The zero-order valence-corrected chi connectivity index (χ0v) is 9.70.